The number of nitrogen functional groups attached to an aromatic ring is 1. The molecule has 14 heterocycles. The fraction of sp³-hybridized carbons (Fsp3) is 0.606. The van der Waals surface area contributed by atoms with Gasteiger partial charge in [-0.25, -0.2) is 67.7 Å². The molecule has 0 unspecified atom stereocenters. The lowest BCUT2D eigenvalue weighted by Crippen LogP contribution is -2.35. The molecule has 0 radical (unpaired) electrons. The van der Waals surface area contributed by atoms with E-state index in [0.717, 1.165) is 4.68 Å². The molecule has 7 fully saturated rings. The first kappa shape index (κ1) is 98.9. The normalized spacial score (nSPS) is 32.0. The number of amides is 1. The maximum atomic E-state index is 10.8. The average molecular weight is 1770 g/mol. The summed E-state index contributed by atoms with van der Waals surface area (Å²) < 4.78 is 81.5. The van der Waals surface area contributed by atoms with Crippen LogP contribution >= 0.6 is 0 Å². The lowest BCUT2D eigenvalue weighted by Gasteiger charge is -2.18. The van der Waals surface area contributed by atoms with Gasteiger partial charge in [-0.15, -0.1) is 35.7 Å². The van der Waals surface area contributed by atoms with Gasteiger partial charge in [0.1, 0.15) is 160 Å². The molecule has 7 aromatic rings. The number of rotatable bonds is 26. The lowest BCUT2D eigenvalue weighted by molar-refractivity contribution is -0.163. The molecule has 7 aromatic heterocycles. The lowest BCUT2D eigenvalue weighted by atomic mass is 10.1. The van der Waals surface area contributed by atoms with Gasteiger partial charge in [0.2, 0.25) is 11.6 Å². The topological polar surface area (TPSA) is 850 Å². The maximum Gasteiger partial charge on any atom is 0.288 e. The summed E-state index contributed by atoms with van der Waals surface area (Å²) in [6.07, 6.45) is -15.2. The molecule has 7 aliphatic rings. The summed E-state index contributed by atoms with van der Waals surface area (Å²) in [5, 5.41) is 170. The molecule has 0 spiro atoms. The number of nitrogens with one attached hydrogen (secondary N) is 1. The highest BCUT2D eigenvalue weighted by atomic mass is 16.7. The number of hydrogen-bond donors (Lipinski definition) is 22. The van der Waals surface area contributed by atoms with E-state index in [4.69, 9.17) is 127 Å². The molecule has 58 nitrogen and oxygen atoms in total. The van der Waals surface area contributed by atoms with Crippen molar-refractivity contribution in [3.05, 3.63) is 118 Å². The van der Waals surface area contributed by atoms with Crippen LogP contribution in [0.1, 0.15) is 89.2 Å². The average Bonchev–Trinajstić information content (AvgIpc) is 1.71. The summed E-state index contributed by atoms with van der Waals surface area (Å²) in [7, 11) is 9.99. The largest absolute Gasteiger partial charge is 0.396 e. The van der Waals surface area contributed by atoms with Crippen LogP contribution in [0.5, 0.6) is 0 Å². The minimum Gasteiger partial charge on any atom is -0.396 e. The Morgan fingerprint density at radius 3 is 0.790 bits per heavy atom. The summed E-state index contributed by atoms with van der Waals surface area (Å²) in [5.41, 5.74) is 38.6. The Labute approximate surface area is 702 Å². The van der Waals surface area contributed by atoms with E-state index in [9.17, 15) is 61.0 Å². The predicted molar refractivity (Wildman–Crippen MR) is 411 cm³/mol. The van der Waals surface area contributed by atoms with Gasteiger partial charge < -0.3 is 178 Å². The van der Waals surface area contributed by atoms with Crippen LogP contribution in [0.15, 0.2) is 77.2 Å². The van der Waals surface area contributed by atoms with E-state index in [1.807, 2.05) is 0 Å². The van der Waals surface area contributed by atoms with Crippen LogP contribution in [-0.4, -0.2) is 398 Å². The van der Waals surface area contributed by atoms with Crippen molar-refractivity contribution in [2.24, 2.45) is 40.1 Å². The zero-order chi connectivity index (χ0) is 91.6. The van der Waals surface area contributed by atoms with Crippen LogP contribution in [0.3, 0.4) is 0 Å². The number of amidine groups is 1. The number of nitrogens with zero attached hydrogens (tertiary/aromatic N) is 21. The molecule has 58 heteroatoms. The fourth-order valence-electron chi connectivity index (χ4n) is 12.4. The third kappa shape index (κ3) is 23.2. The molecule has 7 saturated heterocycles. The van der Waals surface area contributed by atoms with Gasteiger partial charge in [0.25, 0.3) is 5.91 Å². The summed E-state index contributed by atoms with van der Waals surface area (Å²) in [6.45, 7) is 17.1. The minimum absolute atomic E-state index is 0.0242. The van der Waals surface area contributed by atoms with Gasteiger partial charge in [0, 0.05) is 49.8 Å². The smallest absolute Gasteiger partial charge is 0.288 e. The van der Waals surface area contributed by atoms with Gasteiger partial charge in [-0.3, -0.25) is 10.2 Å². The molecule has 124 heavy (non-hydrogen) atoms. The van der Waals surface area contributed by atoms with Crippen LogP contribution in [0.25, 0.3) is 28.5 Å². The van der Waals surface area contributed by atoms with E-state index in [1.54, 1.807) is 0 Å². The van der Waals surface area contributed by atoms with Crippen molar-refractivity contribution in [2.75, 3.05) is 82.8 Å². The van der Waals surface area contributed by atoms with Crippen LogP contribution < -0.4 is 40.1 Å². The number of carbonyl (C=O) groups is 1. The Balaban J connectivity index is 0.000000179. The Bertz CT molecular complexity index is 4350. The molecular formula is C66H105N29O29. The fourth-order valence-corrected chi connectivity index (χ4v) is 12.4. The van der Waals surface area contributed by atoms with Crippen LogP contribution in [0.4, 0.5) is 0 Å². The molecule has 0 saturated carbocycles. The molecule has 0 aromatic carbocycles. The van der Waals surface area contributed by atoms with Crippen molar-refractivity contribution in [3.8, 4) is 0 Å². The molecule has 0 aliphatic carbocycles. The Hall–Kier alpha value is -10.5. The second-order valence-corrected chi connectivity index (χ2v) is 27.3. The summed E-state index contributed by atoms with van der Waals surface area (Å²) >= 11 is 0. The minimum atomic E-state index is -1.23. The highest BCUT2D eigenvalue weighted by Crippen LogP contribution is 2.36. The third-order valence-corrected chi connectivity index (χ3v) is 18.8. The number of methoxy groups -OCH3 is 7. The first-order chi connectivity index (χ1) is 58.9. The predicted octanol–water partition coefficient (Wildman–Crippen LogP) is -12.2. The van der Waals surface area contributed by atoms with Crippen molar-refractivity contribution >= 4 is 40.2 Å². The molecule has 0 bridgehead atoms. The first-order valence-electron chi connectivity index (χ1n) is 36.7. The summed E-state index contributed by atoms with van der Waals surface area (Å²) in [5.74, 6) is 0.0910. The maximum absolute atomic E-state index is 10.8. The molecule has 688 valence electrons. The molecular weight excluding hydrogens is 1660 g/mol. The second kappa shape index (κ2) is 44.9. The number of nitrogens with two attached hydrogens (primary N) is 7. The van der Waals surface area contributed by atoms with Gasteiger partial charge in [0.05, 0.1) is 61.5 Å². The van der Waals surface area contributed by atoms with E-state index in [2.05, 4.69) is 103 Å². The molecule has 29 N–H and O–H groups in total. The van der Waals surface area contributed by atoms with E-state index in [-0.39, 0.29) is 108 Å². The van der Waals surface area contributed by atoms with Gasteiger partial charge in [-0.05, 0) is 0 Å². The van der Waals surface area contributed by atoms with Gasteiger partial charge >= 0.3 is 0 Å². The monoisotopic (exact) mass is 1770 g/mol. The van der Waals surface area contributed by atoms with Gasteiger partial charge in [-0.1, -0.05) is 32.9 Å². The number of hydrogen-bond acceptors (Lipinski definition) is 49. The summed E-state index contributed by atoms with van der Waals surface area (Å²) in [6, 6.07) is 0. The standard InChI is InChI=1S/5C10H16N4O4.C8H13N5O4.C8H12N4O5/c2*1-5(11)9-12-4-14(13-9)10-7(16)8(17-2)6(3-15)18-10;2*1-5(11)9-12-4-14(13-9)10-8(16)7(15)6(18-10)3-17-2;1-5(11)9-12-4-14(13-9)10-8(17-2)7(16)6(3-15)18-10;1-16-8-4(15)3(14)7(17-8)13-2-11-6(12-13)5(9)10;1-16-8-4(14)3(13)7(17-8)12-2-10-6(11-12)5(9)15/h5*4,6-8,10,15-16H,1,3,11H2,2H3;2-4,7-8,14-15H,1H3,(H3,9,10);2-4,7-8,13-14H,1H3,(H2,9,15)/t5*6-,7-,8-,10-;2*3-,4+,7-,8+/m1010111/s1. The van der Waals surface area contributed by atoms with E-state index in [1.165, 1.54) is 122 Å². The highest BCUT2D eigenvalue weighted by Gasteiger charge is 2.51. The van der Waals surface area contributed by atoms with Crippen LogP contribution in [0.2, 0.25) is 0 Å². The van der Waals surface area contributed by atoms with E-state index in [0.29, 0.717) is 0 Å². The summed E-state index contributed by atoms with van der Waals surface area (Å²) in [4.78, 5) is 37.8. The van der Waals surface area contributed by atoms with Crippen molar-refractivity contribution in [1.82, 2.24) is 103 Å². The quantitative estimate of drug-likeness (QED) is 0.0177. The number of ether oxygens (including phenoxy) is 14. The number of aromatic nitrogens is 21. The Kier molecular flexibility index (Phi) is 35.8. The van der Waals surface area contributed by atoms with Crippen LogP contribution in [0, 0.1) is 5.41 Å². The van der Waals surface area contributed by atoms with Gasteiger partial charge in [0.15, 0.2) is 91.1 Å². The second-order valence-electron chi connectivity index (χ2n) is 27.3. The van der Waals surface area contributed by atoms with Crippen molar-refractivity contribution in [3.63, 3.8) is 0 Å². The van der Waals surface area contributed by atoms with E-state index < -0.39 is 178 Å². The van der Waals surface area contributed by atoms with Crippen molar-refractivity contribution in [1.29, 1.82) is 5.41 Å². The zero-order valence-electron chi connectivity index (χ0n) is 67.6. The molecule has 7 aliphatic heterocycles. The SMILES string of the molecule is C=C(N)c1ncn([C@@H]2O[C@H](CO)[C@@H](O)[C@H]2OC)n1.C=C(N)c1ncn([C@@H]2O[C@H](CO)[C@@H](OC)[C@H]2O)n1.C=C(N)c1ncn([C@@H]2O[C@H](COC)[C@@H](O)[C@H]2O)n1.C=C(N)c1ncn([C@H]2O[C@@H](CO)[C@H](OC)[C@@H]2O)n1.C=C(N)c1ncn([C@H]2O[C@@H](COC)[C@H](O)[C@@H]2O)n1.CO[C@H]1O[C@@H](n2cnc(C(=N)N)n2)[C@H](O)[C@@H]1O.CO[C@H]1O[C@@H](n2cnc(C(N)=O)n2)[C@H](O)[C@@H]1O. The Morgan fingerprint density at radius 1 is 0.323 bits per heavy atom. The molecule has 1 amide bonds. The van der Waals surface area contributed by atoms with Crippen LogP contribution in [-0.2, 0) is 66.3 Å². The van der Waals surface area contributed by atoms with Crippen molar-refractivity contribution in [2.45, 2.75) is 172 Å². The van der Waals surface area contributed by atoms with Crippen molar-refractivity contribution < 1.29 is 143 Å². The third-order valence-electron chi connectivity index (χ3n) is 18.8. The molecule has 28 atom stereocenters. The van der Waals surface area contributed by atoms with E-state index >= 15 is 0 Å². The first-order valence-corrected chi connectivity index (χ1v) is 36.7. The van der Waals surface area contributed by atoms with Gasteiger partial charge in [-0.2, -0.15) is 0 Å². The number of carbonyl (C=O) groups excluding carboxylic acids is 1. The highest BCUT2D eigenvalue weighted by molar-refractivity contribution is 5.91. The number of primary amides is 1. The zero-order valence-corrected chi connectivity index (χ0v) is 67.6. The number of aliphatic hydroxyl groups excluding tert-OH is 14. The Morgan fingerprint density at radius 2 is 0.565 bits per heavy atom. The molecule has 14 rings (SSSR count). The number of aliphatic hydroxyl groups is 14.